The molecule has 0 aliphatic carbocycles. The van der Waals surface area contributed by atoms with Crippen molar-refractivity contribution >= 4 is 46.4 Å². The van der Waals surface area contributed by atoms with Gasteiger partial charge in [-0.05, 0) is 18.1 Å². The summed E-state index contributed by atoms with van der Waals surface area (Å²) in [6.07, 6.45) is 6.28. The molecule has 0 fully saturated rings. The molecule has 0 nitrogen and oxygen atoms in total. The Balaban J connectivity index is 3.19. The van der Waals surface area contributed by atoms with Crippen LogP contribution in [0.5, 0.6) is 0 Å². The molecule has 0 aromatic heterocycles. The van der Waals surface area contributed by atoms with Crippen LogP contribution in [0.1, 0.15) is 12.0 Å². The first-order valence-corrected chi connectivity index (χ1v) is 5.34. The number of halogens is 4. The van der Waals surface area contributed by atoms with Crippen LogP contribution in [0.3, 0.4) is 0 Å². The van der Waals surface area contributed by atoms with E-state index < -0.39 is 0 Å². The minimum Gasteiger partial charge on any atom is -0.120 e. The van der Waals surface area contributed by atoms with Crippen LogP contribution < -0.4 is 0 Å². The lowest BCUT2D eigenvalue weighted by Gasteiger charge is -2.08. The highest BCUT2D eigenvalue weighted by atomic mass is 35.5. The molecule has 0 saturated carbocycles. The highest BCUT2D eigenvalue weighted by molar-refractivity contribution is 6.48. The first kappa shape index (κ1) is 12.0. The number of hydrogen-bond acceptors (Lipinski definition) is 0. The number of rotatable bonds is 2. The summed E-state index contributed by atoms with van der Waals surface area (Å²) in [7, 11) is 0. The summed E-state index contributed by atoms with van der Waals surface area (Å²) in [6.45, 7) is 0. The predicted octanol–water partition coefficient (Wildman–Crippen LogP) is 4.87. The molecule has 4 heteroatoms. The Morgan fingerprint density at radius 2 is 1.57 bits per heavy atom. The Bertz CT molecular complexity index is 364. The Labute approximate surface area is 103 Å². The highest BCUT2D eigenvalue weighted by Gasteiger charge is 2.12. The van der Waals surface area contributed by atoms with Crippen LogP contribution in [-0.4, -0.2) is 0 Å². The van der Waals surface area contributed by atoms with Gasteiger partial charge in [0.25, 0.3) is 0 Å². The van der Waals surface area contributed by atoms with Crippen molar-refractivity contribution in [3.05, 3.63) is 31.7 Å². The molecule has 74 valence electrons. The lowest BCUT2D eigenvalue weighted by atomic mass is 10.1. The maximum absolute atomic E-state index is 5.96. The number of benzene rings is 1. The second-order valence-corrected chi connectivity index (χ2v) is 4.22. The first-order chi connectivity index (χ1) is 6.57. The fourth-order valence-electron chi connectivity index (χ4n) is 1.04. The lowest BCUT2D eigenvalue weighted by molar-refractivity contribution is 1.03. The summed E-state index contributed by atoms with van der Waals surface area (Å²) in [5.41, 5.74) is 0.712. The average molecular weight is 268 g/mol. The van der Waals surface area contributed by atoms with E-state index in [1.54, 1.807) is 0 Å². The third kappa shape index (κ3) is 2.49. The summed E-state index contributed by atoms with van der Waals surface area (Å²) in [6, 6.07) is 1.52. The summed E-state index contributed by atoms with van der Waals surface area (Å²) in [5.74, 6) is 2.51. The van der Waals surface area contributed by atoms with Crippen molar-refractivity contribution in [1.29, 1.82) is 0 Å². The van der Waals surface area contributed by atoms with E-state index in [1.165, 1.54) is 6.07 Å². The zero-order chi connectivity index (χ0) is 10.7. The van der Waals surface area contributed by atoms with Crippen LogP contribution in [-0.2, 0) is 6.42 Å². The van der Waals surface area contributed by atoms with Crippen molar-refractivity contribution in [3.8, 4) is 12.3 Å². The minimum absolute atomic E-state index is 0.396. The van der Waals surface area contributed by atoms with Crippen molar-refractivity contribution in [2.45, 2.75) is 12.8 Å². The quantitative estimate of drug-likeness (QED) is 0.530. The van der Waals surface area contributed by atoms with E-state index in [4.69, 9.17) is 52.8 Å². The van der Waals surface area contributed by atoms with Crippen molar-refractivity contribution < 1.29 is 0 Å². The van der Waals surface area contributed by atoms with E-state index in [0.29, 0.717) is 38.5 Å². The molecule has 0 N–H and O–H groups in total. The predicted molar refractivity (Wildman–Crippen MR) is 63.6 cm³/mol. The molecule has 0 heterocycles. The van der Waals surface area contributed by atoms with Gasteiger partial charge in [0, 0.05) is 6.42 Å². The van der Waals surface area contributed by atoms with Gasteiger partial charge in [0.2, 0.25) is 0 Å². The van der Waals surface area contributed by atoms with Gasteiger partial charge >= 0.3 is 0 Å². The standard InChI is InChI=1S/C10H6Cl4/c1-2-3-4-6-9(13)7(11)5-8(12)10(6)14/h1,5H,3-4H2. The van der Waals surface area contributed by atoms with Gasteiger partial charge in [-0.2, -0.15) is 0 Å². The largest absolute Gasteiger partial charge is 0.120 e. The molecule has 0 radical (unpaired) electrons. The van der Waals surface area contributed by atoms with Gasteiger partial charge in [-0.1, -0.05) is 46.4 Å². The molecule has 14 heavy (non-hydrogen) atoms. The Kier molecular flexibility index (Phi) is 4.41. The van der Waals surface area contributed by atoms with E-state index >= 15 is 0 Å². The highest BCUT2D eigenvalue weighted by Crippen LogP contribution is 2.37. The molecule has 0 bridgehead atoms. The van der Waals surface area contributed by atoms with Gasteiger partial charge in [-0.15, -0.1) is 12.3 Å². The second kappa shape index (κ2) is 5.14. The summed E-state index contributed by atoms with van der Waals surface area (Å²) >= 11 is 23.6. The van der Waals surface area contributed by atoms with Gasteiger partial charge in [0.05, 0.1) is 20.1 Å². The maximum Gasteiger partial charge on any atom is 0.0640 e. The van der Waals surface area contributed by atoms with Crippen LogP contribution in [0.25, 0.3) is 0 Å². The zero-order valence-electron chi connectivity index (χ0n) is 7.08. The van der Waals surface area contributed by atoms with E-state index in [1.807, 2.05) is 0 Å². The van der Waals surface area contributed by atoms with Gasteiger partial charge in [0.1, 0.15) is 0 Å². The molecular weight excluding hydrogens is 262 g/mol. The van der Waals surface area contributed by atoms with Crippen molar-refractivity contribution in [2.75, 3.05) is 0 Å². The van der Waals surface area contributed by atoms with E-state index in [2.05, 4.69) is 5.92 Å². The topological polar surface area (TPSA) is 0 Å². The van der Waals surface area contributed by atoms with Crippen molar-refractivity contribution in [1.82, 2.24) is 0 Å². The van der Waals surface area contributed by atoms with Gasteiger partial charge in [0.15, 0.2) is 0 Å². The molecule has 0 atom stereocenters. The van der Waals surface area contributed by atoms with Crippen LogP contribution in [0, 0.1) is 12.3 Å². The molecule has 0 amide bonds. The second-order valence-electron chi connectivity index (χ2n) is 2.65. The normalized spacial score (nSPS) is 9.93. The third-order valence-corrected chi connectivity index (χ3v) is 3.38. The fraction of sp³-hybridized carbons (Fsp3) is 0.200. The minimum atomic E-state index is 0.396. The average Bonchev–Trinajstić information content (AvgIpc) is 2.15. The molecule has 1 aromatic rings. The summed E-state index contributed by atoms with van der Waals surface area (Å²) in [5, 5.41) is 1.65. The molecule has 1 aromatic carbocycles. The van der Waals surface area contributed by atoms with E-state index in [9.17, 15) is 0 Å². The zero-order valence-corrected chi connectivity index (χ0v) is 10.1. The maximum atomic E-state index is 5.96. The van der Waals surface area contributed by atoms with E-state index in [0.717, 1.165) is 0 Å². The van der Waals surface area contributed by atoms with Crippen molar-refractivity contribution in [2.24, 2.45) is 0 Å². The summed E-state index contributed by atoms with van der Waals surface area (Å²) in [4.78, 5) is 0. The Hall–Kier alpha value is -0.0600. The fourth-order valence-corrected chi connectivity index (χ4v) is 2.08. The molecule has 0 spiro atoms. The van der Waals surface area contributed by atoms with E-state index in [-0.39, 0.29) is 0 Å². The lowest BCUT2D eigenvalue weighted by Crippen LogP contribution is -1.89. The molecule has 0 unspecified atom stereocenters. The Morgan fingerprint density at radius 1 is 1.07 bits per heavy atom. The first-order valence-electron chi connectivity index (χ1n) is 3.83. The molecule has 0 aliphatic heterocycles. The number of hydrogen-bond donors (Lipinski definition) is 0. The van der Waals surface area contributed by atoms with Gasteiger partial charge in [-0.25, -0.2) is 0 Å². The van der Waals surface area contributed by atoms with Crippen LogP contribution in [0.2, 0.25) is 20.1 Å². The third-order valence-electron chi connectivity index (χ3n) is 1.72. The Morgan fingerprint density at radius 3 is 2.00 bits per heavy atom. The van der Waals surface area contributed by atoms with Crippen molar-refractivity contribution in [3.63, 3.8) is 0 Å². The smallest absolute Gasteiger partial charge is 0.0640 e. The van der Waals surface area contributed by atoms with Gasteiger partial charge < -0.3 is 0 Å². The monoisotopic (exact) mass is 266 g/mol. The van der Waals surface area contributed by atoms with Crippen LogP contribution in [0.4, 0.5) is 0 Å². The SMILES string of the molecule is C#CCCc1c(Cl)c(Cl)cc(Cl)c1Cl. The van der Waals surface area contributed by atoms with Crippen LogP contribution in [0.15, 0.2) is 6.07 Å². The molecule has 0 aliphatic rings. The van der Waals surface area contributed by atoms with Gasteiger partial charge in [-0.3, -0.25) is 0 Å². The summed E-state index contributed by atoms with van der Waals surface area (Å²) < 4.78 is 0. The molecule has 0 saturated heterocycles. The van der Waals surface area contributed by atoms with Crippen LogP contribution >= 0.6 is 46.4 Å². The number of terminal acetylenes is 1. The molecular formula is C10H6Cl4. The molecule has 1 rings (SSSR count).